The first-order chi connectivity index (χ1) is 11.7. The van der Waals surface area contributed by atoms with Gasteiger partial charge in [0.1, 0.15) is 5.60 Å². The number of hydrogen-bond donors (Lipinski definition) is 1. The smallest absolute Gasteiger partial charge is 0.410 e. The number of carboxylic acid groups (broad SMARTS) is 1. The number of nitrogens with zero attached hydrogens (tertiary/aromatic N) is 2. The van der Waals surface area contributed by atoms with Crippen molar-refractivity contribution in [3.63, 3.8) is 0 Å². The molecule has 0 aromatic heterocycles. The van der Waals surface area contributed by atoms with Crippen LogP contribution in [0.4, 0.5) is 10.5 Å². The zero-order valence-electron chi connectivity index (χ0n) is 15.5. The monoisotopic (exact) mass is 348 g/mol. The minimum atomic E-state index is -0.701. The quantitative estimate of drug-likeness (QED) is 0.903. The van der Waals surface area contributed by atoms with Crippen LogP contribution in [0, 0.1) is 5.92 Å². The van der Waals surface area contributed by atoms with Crippen molar-refractivity contribution in [2.45, 2.75) is 45.8 Å². The molecule has 6 nitrogen and oxygen atoms in total. The summed E-state index contributed by atoms with van der Waals surface area (Å²) in [6.07, 6.45) is 0.981. The van der Waals surface area contributed by atoms with Crippen LogP contribution in [0.5, 0.6) is 0 Å². The Balaban J connectivity index is 1.97. The van der Waals surface area contributed by atoms with Crippen molar-refractivity contribution >= 4 is 17.7 Å². The molecule has 0 aliphatic carbocycles. The molecule has 1 heterocycles. The van der Waals surface area contributed by atoms with Crippen molar-refractivity contribution in [2.24, 2.45) is 5.92 Å². The molecule has 1 aliphatic heterocycles. The van der Waals surface area contributed by atoms with Crippen molar-refractivity contribution in [2.75, 3.05) is 25.0 Å². The van der Waals surface area contributed by atoms with Crippen LogP contribution in [-0.4, -0.2) is 47.8 Å². The molecule has 0 spiro atoms. The van der Waals surface area contributed by atoms with E-state index < -0.39 is 11.6 Å². The number of carboxylic acids is 1. The molecular weight excluding hydrogens is 320 g/mol. The molecule has 1 aliphatic rings. The maximum atomic E-state index is 12.1. The predicted octanol–water partition coefficient (Wildman–Crippen LogP) is 3.35. The molecule has 1 aromatic carbocycles. The van der Waals surface area contributed by atoms with Crippen molar-refractivity contribution in [1.82, 2.24) is 4.90 Å². The Labute approximate surface area is 149 Å². The number of hydrogen-bond acceptors (Lipinski definition) is 4. The maximum absolute atomic E-state index is 12.1. The van der Waals surface area contributed by atoms with E-state index in [9.17, 15) is 9.59 Å². The summed E-state index contributed by atoms with van der Waals surface area (Å²) in [7, 11) is 1.72. The van der Waals surface area contributed by atoms with E-state index in [-0.39, 0.29) is 12.0 Å². The van der Waals surface area contributed by atoms with E-state index >= 15 is 0 Å². The Morgan fingerprint density at radius 1 is 1.28 bits per heavy atom. The Hall–Kier alpha value is -2.24. The number of aliphatic carboxylic acids is 1. The van der Waals surface area contributed by atoms with E-state index in [1.807, 2.05) is 39.0 Å². The van der Waals surface area contributed by atoms with Crippen LogP contribution < -0.4 is 4.90 Å². The molecule has 0 bridgehead atoms. The molecule has 1 aromatic rings. The number of piperidine rings is 1. The van der Waals surface area contributed by atoms with Crippen molar-refractivity contribution in [1.29, 1.82) is 0 Å². The molecule has 6 heteroatoms. The molecule has 0 radical (unpaired) electrons. The summed E-state index contributed by atoms with van der Waals surface area (Å²) >= 11 is 0. The lowest BCUT2D eigenvalue weighted by Gasteiger charge is -2.32. The molecule has 1 fully saturated rings. The first-order valence-electron chi connectivity index (χ1n) is 8.66. The Morgan fingerprint density at radius 3 is 2.48 bits per heavy atom. The van der Waals surface area contributed by atoms with Gasteiger partial charge in [-0.25, -0.2) is 4.79 Å². The van der Waals surface area contributed by atoms with Crippen molar-refractivity contribution in [3.05, 3.63) is 29.8 Å². The molecule has 2 rings (SSSR count). The Kier molecular flexibility index (Phi) is 5.93. The highest BCUT2D eigenvalue weighted by Gasteiger charge is 2.25. The molecule has 0 atom stereocenters. The van der Waals surface area contributed by atoms with Crippen LogP contribution >= 0.6 is 0 Å². The van der Waals surface area contributed by atoms with Gasteiger partial charge in [-0.15, -0.1) is 0 Å². The minimum absolute atomic E-state index is 0.238. The van der Waals surface area contributed by atoms with E-state index in [0.29, 0.717) is 19.4 Å². The van der Waals surface area contributed by atoms with Crippen LogP contribution in [-0.2, 0) is 16.1 Å². The van der Waals surface area contributed by atoms with Gasteiger partial charge in [0.15, 0.2) is 0 Å². The number of benzene rings is 1. The van der Waals surface area contributed by atoms with Crippen LogP contribution in [0.25, 0.3) is 0 Å². The maximum Gasteiger partial charge on any atom is 0.410 e. The summed E-state index contributed by atoms with van der Waals surface area (Å²) in [6, 6.07) is 8.03. The second-order valence-corrected chi connectivity index (χ2v) is 7.61. The molecular formula is C19H28N2O4. The Morgan fingerprint density at radius 2 is 1.92 bits per heavy atom. The number of amides is 1. The predicted molar refractivity (Wildman–Crippen MR) is 96.7 cm³/mol. The minimum Gasteiger partial charge on any atom is -0.481 e. The fourth-order valence-electron chi connectivity index (χ4n) is 2.91. The van der Waals surface area contributed by atoms with Gasteiger partial charge in [0.25, 0.3) is 0 Å². The van der Waals surface area contributed by atoms with Gasteiger partial charge in [0, 0.05) is 32.4 Å². The molecule has 1 saturated heterocycles. The number of carbonyl (C=O) groups is 2. The molecule has 25 heavy (non-hydrogen) atoms. The SMILES string of the molecule is CN(Cc1cccc(N2CCC(C(=O)O)CC2)c1)C(=O)OC(C)(C)C. The summed E-state index contributed by atoms with van der Waals surface area (Å²) < 4.78 is 5.37. The van der Waals surface area contributed by atoms with Crippen LogP contribution in [0.15, 0.2) is 24.3 Å². The van der Waals surface area contributed by atoms with E-state index in [1.54, 1.807) is 11.9 Å². The van der Waals surface area contributed by atoms with Crippen LogP contribution in [0.2, 0.25) is 0 Å². The lowest BCUT2D eigenvalue weighted by Crippen LogP contribution is -2.36. The van der Waals surface area contributed by atoms with Gasteiger partial charge in [-0.3, -0.25) is 4.79 Å². The second-order valence-electron chi connectivity index (χ2n) is 7.61. The van der Waals surface area contributed by atoms with E-state index in [4.69, 9.17) is 9.84 Å². The summed E-state index contributed by atoms with van der Waals surface area (Å²) in [5.41, 5.74) is 1.58. The zero-order chi connectivity index (χ0) is 18.6. The summed E-state index contributed by atoms with van der Waals surface area (Å²) in [5, 5.41) is 9.10. The summed E-state index contributed by atoms with van der Waals surface area (Å²) in [6.45, 7) is 7.49. The van der Waals surface area contributed by atoms with Gasteiger partial charge < -0.3 is 19.6 Å². The van der Waals surface area contributed by atoms with Gasteiger partial charge in [0.05, 0.1) is 5.92 Å². The highest BCUT2D eigenvalue weighted by molar-refractivity contribution is 5.70. The second kappa shape index (κ2) is 7.76. The molecule has 1 N–H and O–H groups in total. The van der Waals surface area contributed by atoms with E-state index in [1.165, 1.54) is 0 Å². The fraction of sp³-hybridized carbons (Fsp3) is 0.579. The van der Waals surface area contributed by atoms with Gasteiger partial charge >= 0.3 is 12.1 Å². The average Bonchev–Trinajstić information content (AvgIpc) is 2.53. The lowest BCUT2D eigenvalue weighted by atomic mass is 9.96. The van der Waals surface area contributed by atoms with Crippen molar-refractivity contribution < 1.29 is 19.4 Å². The zero-order valence-corrected chi connectivity index (χ0v) is 15.5. The highest BCUT2D eigenvalue weighted by atomic mass is 16.6. The first kappa shape index (κ1) is 19.1. The number of rotatable bonds is 4. The third-order valence-corrected chi connectivity index (χ3v) is 4.24. The van der Waals surface area contributed by atoms with E-state index in [0.717, 1.165) is 24.3 Å². The molecule has 0 unspecified atom stereocenters. The van der Waals surface area contributed by atoms with Gasteiger partial charge in [-0.1, -0.05) is 12.1 Å². The fourth-order valence-corrected chi connectivity index (χ4v) is 2.91. The topological polar surface area (TPSA) is 70.1 Å². The standard InChI is InChI=1S/C19H28N2O4/c1-19(2,3)25-18(24)20(4)13-14-6-5-7-16(12-14)21-10-8-15(9-11-21)17(22)23/h5-7,12,15H,8-11,13H2,1-4H3,(H,22,23). The van der Waals surface area contributed by atoms with Crippen LogP contribution in [0.1, 0.15) is 39.2 Å². The summed E-state index contributed by atoms with van der Waals surface area (Å²) in [5.74, 6) is -0.940. The first-order valence-corrected chi connectivity index (χ1v) is 8.66. The van der Waals surface area contributed by atoms with Gasteiger partial charge in [-0.05, 0) is 51.3 Å². The van der Waals surface area contributed by atoms with E-state index in [2.05, 4.69) is 11.0 Å². The molecule has 1 amide bonds. The number of ether oxygens (including phenoxy) is 1. The van der Waals surface area contributed by atoms with Crippen LogP contribution in [0.3, 0.4) is 0 Å². The highest BCUT2D eigenvalue weighted by Crippen LogP contribution is 2.24. The normalized spacial score (nSPS) is 15.8. The number of anilines is 1. The largest absolute Gasteiger partial charge is 0.481 e. The molecule has 0 saturated carbocycles. The third kappa shape index (κ3) is 5.66. The van der Waals surface area contributed by atoms with Crippen molar-refractivity contribution in [3.8, 4) is 0 Å². The number of carbonyl (C=O) groups excluding carboxylic acids is 1. The van der Waals surface area contributed by atoms with Gasteiger partial charge in [-0.2, -0.15) is 0 Å². The molecule has 138 valence electrons. The lowest BCUT2D eigenvalue weighted by molar-refractivity contribution is -0.142. The third-order valence-electron chi connectivity index (χ3n) is 4.24. The average molecular weight is 348 g/mol. The Bertz CT molecular complexity index is 616. The summed E-state index contributed by atoms with van der Waals surface area (Å²) in [4.78, 5) is 26.9. The van der Waals surface area contributed by atoms with Gasteiger partial charge in [0.2, 0.25) is 0 Å².